The van der Waals surface area contributed by atoms with Crippen molar-refractivity contribution in [3.05, 3.63) is 17.8 Å². The van der Waals surface area contributed by atoms with Gasteiger partial charge in [-0.1, -0.05) is 0 Å². The van der Waals surface area contributed by atoms with Crippen molar-refractivity contribution in [3.63, 3.8) is 0 Å². The fraction of sp³-hybridized carbons (Fsp3) is 0.538. The number of amides is 1. The zero-order valence-electron chi connectivity index (χ0n) is 11.2. The van der Waals surface area contributed by atoms with Gasteiger partial charge in [0.15, 0.2) is 0 Å². The van der Waals surface area contributed by atoms with Crippen molar-refractivity contribution in [2.75, 3.05) is 37.7 Å². The van der Waals surface area contributed by atoms with E-state index in [0.29, 0.717) is 23.0 Å². The molecule has 1 aromatic rings. The molecular formula is C13H21N5O. The van der Waals surface area contributed by atoms with Crippen molar-refractivity contribution >= 4 is 17.4 Å². The van der Waals surface area contributed by atoms with E-state index in [1.807, 2.05) is 0 Å². The first-order valence-electron chi connectivity index (χ1n) is 6.54. The van der Waals surface area contributed by atoms with Gasteiger partial charge in [-0.25, -0.2) is 4.98 Å². The molecule has 0 radical (unpaired) electrons. The van der Waals surface area contributed by atoms with Gasteiger partial charge in [0.25, 0.3) is 5.91 Å². The third-order valence-corrected chi connectivity index (χ3v) is 3.45. The molecule has 6 nitrogen and oxygen atoms in total. The molecule has 1 atom stereocenters. The lowest BCUT2D eigenvalue weighted by atomic mass is 9.98. The number of nitrogens with two attached hydrogens (primary N) is 2. The normalized spacial score (nSPS) is 20.2. The number of piperidine rings is 1. The standard InChI is InChI=1S/C13H21N5O/c1-18-4-2-3-9(8-18)6-16-13-11(12(15)19)5-10(14)7-17-13/h5,7,9H,2-4,6,8,14H2,1H3,(H2,15,19)(H,16,17). The number of carbonyl (C=O) groups is 1. The summed E-state index contributed by atoms with van der Waals surface area (Å²) < 4.78 is 0. The smallest absolute Gasteiger partial charge is 0.252 e. The molecule has 1 fully saturated rings. The number of nitrogens with zero attached hydrogens (tertiary/aromatic N) is 2. The third-order valence-electron chi connectivity index (χ3n) is 3.45. The van der Waals surface area contributed by atoms with Crippen molar-refractivity contribution in [3.8, 4) is 0 Å². The first-order valence-corrected chi connectivity index (χ1v) is 6.54. The van der Waals surface area contributed by atoms with Gasteiger partial charge in [0.1, 0.15) is 5.82 Å². The van der Waals surface area contributed by atoms with E-state index in [0.717, 1.165) is 19.6 Å². The van der Waals surface area contributed by atoms with Crippen LogP contribution in [-0.2, 0) is 0 Å². The number of nitrogens with one attached hydrogen (secondary N) is 1. The summed E-state index contributed by atoms with van der Waals surface area (Å²) in [6.07, 6.45) is 3.93. The summed E-state index contributed by atoms with van der Waals surface area (Å²) in [6, 6.07) is 1.56. The minimum Gasteiger partial charge on any atom is -0.397 e. The number of nitrogen functional groups attached to an aromatic ring is 1. The molecule has 1 saturated heterocycles. The molecule has 0 saturated carbocycles. The molecule has 6 heteroatoms. The van der Waals surface area contributed by atoms with Gasteiger partial charge < -0.3 is 21.7 Å². The summed E-state index contributed by atoms with van der Waals surface area (Å²) >= 11 is 0. The minimum atomic E-state index is -0.511. The Morgan fingerprint density at radius 3 is 3.11 bits per heavy atom. The number of primary amides is 1. The van der Waals surface area contributed by atoms with Gasteiger partial charge >= 0.3 is 0 Å². The molecule has 0 aliphatic carbocycles. The summed E-state index contributed by atoms with van der Waals surface area (Å²) in [5, 5.41) is 3.22. The summed E-state index contributed by atoms with van der Waals surface area (Å²) in [7, 11) is 2.13. The highest BCUT2D eigenvalue weighted by Crippen LogP contribution is 2.18. The first-order chi connectivity index (χ1) is 9.06. The van der Waals surface area contributed by atoms with Crippen molar-refractivity contribution < 1.29 is 4.79 Å². The number of pyridine rings is 1. The van der Waals surface area contributed by atoms with Crippen LogP contribution in [0.3, 0.4) is 0 Å². The molecule has 2 heterocycles. The second-order valence-corrected chi connectivity index (χ2v) is 5.18. The fourth-order valence-electron chi connectivity index (χ4n) is 2.49. The van der Waals surface area contributed by atoms with Gasteiger partial charge in [-0.05, 0) is 38.4 Å². The molecule has 1 unspecified atom stereocenters. The van der Waals surface area contributed by atoms with E-state index in [-0.39, 0.29) is 0 Å². The van der Waals surface area contributed by atoms with Crippen LogP contribution in [0.1, 0.15) is 23.2 Å². The molecule has 1 amide bonds. The lowest BCUT2D eigenvalue weighted by molar-refractivity contribution is 0.100. The van der Waals surface area contributed by atoms with Crippen LogP contribution in [0.4, 0.5) is 11.5 Å². The Balaban J connectivity index is 2.01. The maximum Gasteiger partial charge on any atom is 0.252 e. The highest BCUT2D eigenvalue weighted by molar-refractivity contribution is 5.98. The van der Waals surface area contributed by atoms with E-state index >= 15 is 0 Å². The molecule has 1 aromatic heterocycles. The quantitative estimate of drug-likeness (QED) is 0.735. The zero-order chi connectivity index (χ0) is 13.8. The summed E-state index contributed by atoms with van der Waals surface area (Å²) in [4.78, 5) is 17.8. The number of anilines is 2. The lowest BCUT2D eigenvalue weighted by Crippen LogP contribution is -2.35. The molecule has 2 rings (SSSR count). The summed E-state index contributed by atoms with van der Waals surface area (Å²) in [5.41, 5.74) is 11.7. The molecule has 104 valence electrons. The molecule has 19 heavy (non-hydrogen) atoms. The van der Waals surface area contributed by atoms with E-state index in [1.165, 1.54) is 19.0 Å². The SMILES string of the molecule is CN1CCCC(CNc2ncc(N)cc2C(N)=O)C1. The van der Waals surface area contributed by atoms with Crippen molar-refractivity contribution in [2.45, 2.75) is 12.8 Å². The first kappa shape index (κ1) is 13.6. The highest BCUT2D eigenvalue weighted by atomic mass is 16.1. The number of likely N-dealkylation sites (tertiary alicyclic amines) is 1. The van der Waals surface area contributed by atoms with Gasteiger partial charge in [0.2, 0.25) is 0 Å². The molecule has 0 aromatic carbocycles. The second kappa shape index (κ2) is 5.88. The van der Waals surface area contributed by atoms with Gasteiger partial charge in [0, 0.05) is 13.1 Å². The van der Waals surface area contributed by atoms with E-state index in [4.69, 9.17) is 11.5 Å². The Morgan fingerprint density at radius 2 is 2.42 bits per heavy atom. The van der Waals surface area contributed by atoms with E-state index in [1.54, 1.807) is 6.07 Å². The topological polar surface area (TPSA) is 97.3 Å². The van der Waals surface area contributed by atoms with Gasteiger partial charge in [-0.15, -0.1) is 0 Å². The average molecular weight is 263 g/mol. The van der Waals surface area contributed by atoms with Gasteiger partial charge in [-0.3, -0.25) is 4.79 Å². The maximum atomic E-state index is 11.4. The predicted octanol–water partition coefficient (Wildman–Crippen LogP) is 0.516. The molecule has 1 aliphatic heterocycles. The number of carbonyl (C=O) groups excluding carboxylic acids is 1. The molecule has 0 spiro atoms. The number of rotatable bonds is 4. The Bertz CT molecular complexity index is 462. The largest absolute Gasteiger partial charge is 0.397 e. The van der Waals surface area contributed by atoms with Crippen LogP contribution in [0.2, 0.25) is 0 Å². The van der Waals surface area contributed by atoms with Crippen molar-refractivity contribution in [1.82, 2.24) is 9.88 Å². The fourth-order valence-corrected chi connectivity index (χ4v) is 2.49. The Morgan fingerprint density at radius 1 is 1.63 bits per heavy atom. The molecule has 5 N–H and O–H groups in total. The maximum absolute atomic E-state index is 11.4. The van der Waals surface area contributed by atoms with E-state index < -0.39 is 5.91 Å². The van der Waals surface area contributed by atoms with Crippen LogP contribution in [0.5, 0.6) is 0 Å². The summed E-state index contributed by atoms with van der Waals surface area (Å²) in [6.45, 7) is 3.01. The van der Waals surface area contributed by atoms with E-state index in [9.17, 15) is 4.79 Å². The van der Waals surface area contributed by atoms with Gasteiger partial charge in [0.05, 0.1) is 17.4 Å². The summed E-state index contributed by atoms with van der Waals surface area (Å²) in [5.74, 6) is 0.580. The predicted molar refractivity (Wildman–Crippen MR) is 75.9 cm³/mol. The number of hydrogen-bond acceptors (Lipinski definition) is 5. The van der Waals surface area contributed by atoms with Crippen LogP contribution in [0.25, 0.3) is 0 Å². The van der Waals surface area contributed by atoms with Crippen molar-refractivity contribution in [2.24, 2.45) is 11.7 Å². The van der Waals surface area contributed by atoms with Crippen molar-refractivity contribution in [1.29, 1.82) is 0 Å². The molecular weight excluding hydrogens is 242 g/mol. The average Bonchev–Trinajstić information content (AvgIpc) is 2.37. The Labute approximate surface area is 113 Å². The monoisotopic (exact) mass is 263 g/mol. The van der Waals surface area contributed by atoms with Crippen LogP contribution in [0, 0.1) is 5.92 Å². The lowest BCUT2D eigenvalue weighted by Gasteiger charge is -2.29. The van der Waals surface area contributed by atoms with Gasteiger partial charge in [-0.2, -0.15) is 0 Å². The number of aromatic nitrogens is 1. The second-order valence-electron chi connectivity index (χ2n) is 5.18. The third kappa shape index (κ3) is 3.57. The molecule has 1 aliphatic rings. The Hall–Kier alpha value is -1.82. The highest BCUT2D eigenvalue weighted by Gasteiger charge is 2.18. The number of hydrogen-bond donors (Lipinski definition) is 3. The zero-order valence-corrected chi connectivity index (χ0v) is 11.2. The Kier molecular flexibility index (Phi) is 4.21. The van der Waals surface area contributed by atoms with E-state index in [2.05, 4.69) is 22.2 Å². The molecule has 0 bridgehead atoms. The van der Waals surface area contributed by atoms with Crippen LogP contribution in [-0.4, -0.2) is 42.5 Å². The van der Waals surface area contributed by atoms with Crippen LogP contribution < -0.4 is 16.8 Å². The van der Waals surface area contributed by atoms with Crippen LogP contribution >= 0.6 is 0 Å². The van der Waals surface area contributed by atoms with Crippen LogP contribution in [0.15, 0.2) is 12.3 Å². The minimum absolute atomic E-state index is 0.351.